The second-order valence-corrected chi connectivity index (χ2v) is 7.90. The molecule has 1 aliphatic heterocycles. The first-order valence-electron chi connectivity index (χ1n) is 7.17. The fourth-order valence-corrected chi connectivity index (χ4v) is 4.90. The zero-order valence-corrected chi connectivity index (χ0v) is 12.2. The summed E-state index contributed by atoms with van der Waals surface area (Å²) < 4.78 is 25.1. The molecule has 108 valence electrons. The normalized spacial score (nSPS) is 26.3. The van der Waals surface area contributed by atoms with Crippen molar-refractivity contribution in [2.75, 3.05) is 13.1 Å². The first-order chi connectivity index (χ1) is 9.59. The Bertz CT molecular complexity index is 593. The molecule has 0 bridgehead atoms. The molecule has 20 heavy (non-hydrogen) atoms. The SMILES string of the molecule is O=C([C@@H]1CC[C@@H](S(=O)(=O)c2ccccc2)C1)N1CCC1. The Morgan fingerprint density at radius 2 is 1.80 bits per heavy atom. The molecule has 1 aromatic carbocycles. The summed E-state index contributed by atoms with van der Waals surface area (Å²) in [6, 6.07) is 8.57. The molecule has 4 nitrogen and oxygen atoms in total. The van der Waals surface area contributed by atoms with Gasteiger partial charge < -0.3 is 4.90 Å². The van der Waals surface area contributed by atoms with E-state index in [9.17, 15) is 13.2 Å². The Balaban J connectivity index is 1.72. The highest BCUT2D eigenvalue weighted by Crippen LogP contribution is 2.35. The highest BCUT2D eigenvalue weighted by molar-refractivity contribution is 7.92. The number of rotatable bonds is 3. The van der Waals surface area contributed by atoms with Crippen LogP contribution in [0.4, 0.5) is 0 Å². The third-order valence-corrected chi connectivity index (χ3v) is 6.65. The van der Waals surface area contributed by atoms with Gasteiger partial charge in [-0.2, -0.15) is 0 Å². The van der Waals surface area contributed by atoms with Crippen molar-refractivity contribution in [2.24, 2.45) is 5.92 Å². The lowest BCUT2D eigenvalue weighted by atomic mass is 10.0. The molecule has 2 aliphatic rings. The maximum absolute atomic E-state index is 12.5. The van der Waals surface area contributed by atoms with Gasteiger partial charge in [0.15, 0.2) is 9.84 Å². The van der Waals surface area contributed by atoms with E-state index in [0.717, 1.165) is 19.5 Å². The molecule has 5 heteroatoms. The summed E-state index contributed by atoms with van der Waals surface area (Å²) in [5.41, 5.74) is 0. The van der Waals surface area contributed by atoms with Crippen molar-refractivity contribution in [3.8, 4) is 0 Å². The van der Waals surface area contributed by atoms with Gasteiger partial charge in [0.25, 0.3) is 0 Å². The first-order valence-corrected chi connectivity index (χ1v) is 8.71. The number of sulfone groups is 1. The monoisotopic (exact) mass is 293 g/mol. The van der Waals surface area contributed by atoms with Gasteiger partial charge in [0, 0.05) is 19.0 Å². The van der Waals surface area contributed by atoms with Crippen LogP contribution in [-0.2, 0) is 14.6 Å². The Labute approximate surface area is 119 Å². The second-order valence-electron chi connectivity index (χ2n) is 5.67. The van der Waals surface area contributed by atoms with Crippen LogP contribution in [0.15, 0.2) is 35.2 Å². The molecule has 1 aliphatic carbocycles. The van der Waals surface area contributed by atoms with Gasteiger partial charge in [0.1, 0.15) is 0 Å². The largest absolute Gasteiger partial charge is 0.342 e. The lowest BCUT2D eigenvalue weighted by Gasteiger charge is -2.33. The number of hydrogen-bond donors (Lipinski definition) is 0. The topological polar surface area (TPSA) is 54.5 Å². The molecule has 1 saturated heterocycles. The zero-order valence-electron chi connectivity index (χ0n) is 11.4. The second kappa shape index (κ2) is 5.20. The third kappa shape index (κ3) is 2.35. The van der Waals surface area contributed by atoms with Crippen LogP contribution >= 0.6 is 0 Å². The summed E-state index contributed by atoms with van der Waals surface area (Å²) >= 11 is 0. The van der Waals surface area contributed by atoms with Gasteiger partial charge in [-0.25, -0.2) is 8.42 Å². The molecule has 0 unspecified atom stereocenters. The maximum Gasteiger partial charge on any atom is 0.225 e. The number of benzene rings is 1. The predicted molar refractivity (Wildman–Crippen MR) is 76.0 cm³/mol. The van der Waals surface area contributed by atoms with Gasteiger partial charge in [-0.05, 0) is 37.8 Å². The van der Waals surface area contributed by atoms with Crippen molar-refractivity contribution >= 4 is 15.7 Å². The quantitative estimate of drug-likeness (QED) is 0.855. The maximum atomic E-state index is 12.5. The van der Waals surface area contributed by atoms with E-state index >= 15 is 0 Å². The van der Waals surface area contributed by atoms with E-state index < -0.39 is 15.1 Å². The number of nitrogens with zero attached hydrogens (tertiary/aromatic N) is 1. The van der Waals surface area contributed by atoms with Crippen LogP contribution in [0.3, 0.4) is 0 Å². The minimum absolute atomic E-state index is 0.0983. The fraction of sp³-hybridized carbons (Fsp3) is 0.533. The third-order valence-electron chi connectivity index (χ3n) is 4.41. The van der Waals surface area contributed by atoms with Gasteiger partial charge in [-0.3, -0.25) is 4.79 Å². The van der Waals surface area contributed by atoms with Gasteiger partial charge in [0.2, 0.25) is 5.91 Å². The van der Waals surface area contributed by atoms with Gasteiger partial charge in [0.05, 0.1) is 10.1 Å². The summed E-state index contributed by atoms with van der Waals surface area (Å²) in [5, 5.41) is -0.403. The smallest absolute Gasteiger partial charge is 0.225 e. The zero-order chi connectivity index (χ0) is 14.2. The van der Waals surface area contributed by atoms with Crippen LogP contribution in [0.5, 0.6) is 0 Å². The summed E-state index contributed by atoms with van der Waals surface area (Å²) in [5.74, 6) is 0.0563. The number of amides is 1. The molecule has 1 aromatic rings. The lowest BCUT2D eigenvalue weighted by molar-refractivity contribution is -0.138. The van der Waals surface area contributed by atoms with Crippen LogP contribution in [0, 0.1) is 5.92 Å². The van der Waals surface area contributed by atoms with Crippen molar-refractivity contribution in [3.05, 3.63) is 30.3 Å². The number of carbonyl (C=O) groups excluding carboxylic acids is 1. The van der Waals surface area contributed by atoms with E-state index in [1.807, 2.05) is 11.0 Å². The molecule has 2 atom stereocenters. The lowest BCUT2D eigenvalue weighted by Crippen LogP contribution is -2.44. The van der Waals surface area contributed by atoms with E-state index in [0.29, 0.717) is 24.2 Å². The van der Waals surface area contributed by atoms with E-state index in [1.54, 1.807) is 24.3 Å². The average molecular weight is 293 g/mol. The summed E-state index contributed by atoms with van der Waals surface area (Å²) in [6.45, 7) is 1.68. The molecule has 0 N–H and O–H groups in total. The van der Waals surface area contributed by atoms with E-state index in [4.69, 9.17) is 0 Å². The summed E-state index contributed by atoms with van der Waals surface area (Å²) in [6.07, 6.45) is 2.85. The number of likely N-dealkylation sites (tertiary alicyclic amines) is 1. The van der Waals surface area contributed by atoms with Crippen LogP contribution < -0.4 is 0 Å². The van der Waals surface area contributed by atoms with E-state index in [1.165, 1.54) is 0 Å². The number of carbonyl (C=O) groups is 1. The van der Waals surface area contributed by atoms with Gasteiger partial charge in [-0.1, -0.05) is 18.2 Å². The summed E-state index contributed by atoms with van der Waals surface area (Å²) in [4.78, 5) is 14.4. The van der Waals surface area contributed by atoms with Crippen LogP contribution in [0.2, 0.25) is 0 Å². The van der Waals surface area contributed by atoms with E-state index in [-0.39, 0.29) is 11.8 Å². The van der Waals surface area contributed by atoms with Gasteiger partial charge >= 0.3 is 0 Å². The Morgan fingerprint density at radius 1 is 1.10 bits per heavy atom. The molecule has 3 rings (SSSR count). The fourth-order valence-electron chi connectivity index (χ4n) is 3.04. The highest BCUT2D eigenvalue weighted by Gasteiger charge is 2.40. The van der Waals surface area contributed by atoms with Crippen LogP contribution in [0.1, 0.15) is 25.7 Å². The van der Waals surface area contributed by atoms with E-state index in [2.05, 4.69) is 0 Å². The highest BCUT2D eigenvalue weighted by atomic mass is 32.2. The molecule has 0 spiro atoms. The van der Waals surface area contributed by atoms with Crippen LogP contribution in [0.25, 0.3) is 0 Å². The van der Waals surface area contributed by atoms with Crippen molar-refractivity contribution in [3.63, 3.8) is 0 Å². The summed E-state index contributed by atoms with van der Waals surface area (Å²) in [7, 11) is -3.29. The molecule has 2 fully saturated rings. The predicted octanol–water partition coefficient (Wildman–Crippen LogP) is 1.86. The molecule has 1 saturated carbocycles. The number of hydrogen-bond acceptors (Lipinski definition) is 3. The molecule has 1 amide bonds. The molecule has 1 heterocycles. The Hall–Kier alpha value is -1.36. The Morgan fingerprint density at radius 3 is 2.40 bits per heavy atom. The standard InChI is InChI=1S/C15H19NO3S/c17-15(16-9-4-10-16)12-7-8-14(11-12)20(18,19)13-5-2-1-3-6-13/h1-3,5-6,12,14H,4,7-11H2/t12-,14-/m1/s1. The minimum atomic E-state index is -3.29. The van der Waals surface area contributed by atoms with Crippen molar-refractivity contribution in [1.82, 2.24) is 4.90 Å². The Kier molecular flexibility index (Phi) is 3.54. The molecular weight excluding hydrogens is 274 g/mol. The molecule has 0 radical (unpaired) electrons. The van der Waals surface area contributed by atoms with Crippen molar-refractivity contribution in [1.29, 1.82) is 0 Å². The van der Waals surface area contributed by atoms with Crippen molar-refractivity contribution in [2.45, 2.75) is 35.8 Å². The van der Waals surface area contributed by atoms with Gasteiger partial charge in [-0.15, -0.1) is 0 Å². The first kappa shape index (κ1) is 13.6. The molecular formula is C15H19NO3S. The van der Waals surface area contributed by atoms with Crippen LogP contribution in [-0.4, -0.2) is 37.6 Å². The average Bonchev–Trinajstić information content (AvgIpc) is 2.88. The van der Waals surface area contributed by atoms with Crippen molar-refractivity contribution < 1.29 is 13.2 Å². The molecule has 0 aromatic heterocycles. The minimum Gasteiger partial charge on any atom is -0.342 e.